The molecule has 1 saturated carbocycles. The van der Waals surface area contributed by atoms with Crippen molar-refractivity contribution in [2.75, 3.05) is 60.7 Å². The lowest BCUT2D eigenvalue weighted by atomic mass is 9.96. The number of nitriles is 1. The molecule has 12 nitrogen and oxygen atoms in total. The van der Waals surface area contributed by atoms with Crippen molar-refractivity contribution in [1.29, 1.82) is 5.26 Å². The van der Waals surface area contributed by atoms with Crippen LogP contribution >= 0.6 is 11.6 Å². The minimum Gasteiger partial charge on any atom is -0.377 e. The highest BCUT2D eigenvalue weighted by atomic mass is 35.5. The summed E-state index contributed by atoms with van der Waals surface area (Å²) in [6.45, 7) is 2.41. The van der Waals surface area contributed by atoms with E-state index in [-0.39, 0.29) is 44.6 Å². The second-order valence-corrected chi connectivity index (χ2v) is 14.2. The number of ether oxygens (including phenoxy) is 1. The summed E-state index contributed by atoms with van der Waals surface area (Å²) in [6, 6.07) is 13.3. The third-order valence-electron chi connectivity index (χ3n) is 8.56. The van der Waals surface area contributed by atoms with Crippen LogP contribution in [0.25, 0.3) is 5.65 Å². The van der Waals surface area contributed by atoms with Crippen molar-refractivity contribution in [1.82, 2.24) is 24.5 Å². The van der Waals surface area contributed by atoms with Crippen molar-refractivity contribution in [3.63, 3.8) is 0 Å². The van der Waals surface area contributed by atoms with E-state index in [1.54, 1.807) is 30.3 Å². The predicted molar refractivity (Wildman–Crippen MR) is 168 cm³/mol. The number of fused-ring (bicyclic) bond motifs is 1. The number of hydrogen-bond acceptors (Lipinski definition) is 11. The molecule has 2 aromatic heterocycles. The molecule has 240 valence electrons. The summed E-state index contributed by atoms with van der Waals surface area (Å²) in [5.74, 6) is 0.398. The molecule has 0 unspecified atom stereocenters. The van der Waals surface area contributed by atoms with Gasteiger partial charge in [0.05, 0.1) is 52.0 Å². The van der Waals surface area contributed by atoms with Gasteiger partial charge >= 0.3 is 0 Å². The van der Waals surface area contributed by atoms with E-state index >= 15 is 0 Å². The molecule has 3 fully saturated rings. The Morgan fingerprint density at radius 3 is 2.50 bits per heavy atom. The monoisotopic (exact) mass is 669 g/mol. The Morgan fingerprint density at radius 2 is 1.87 bits per heavy atom. The maximum absolute atomic E-state index is 14.2. The zero-order valence-electron chi connectivity index (χ0n) is 24.5. The van der Waals surface area contributed by atoms with Crippen molar-refractivity contribution in [2.24, 2.45) is 0 Å². The molecule has 0 bridgehead atoms. The third kappa shape index (κ3) is 5.81. The molecule has 0 atom stereocenters. The highest BCUT2D eigenvalue weighted by Gasteiger charge is 2.48. The van der Waals surface area contributed by atoms with Gasteiger partial charge in [0.25, 0.3) is 6.43 Å². The number of rotatable bonds is 10. The number of imidazole rings is 1. The fraction of sp³-hybridized carbons (Fsp3) is 0.400. The summed E-state index contributed by atoms with van der Waals surface area (Å²) in [5.41, 5.74) is 0.266. The van der Waals surface area contributed by atoms with Crippen LogP contribution in [0.1, 0.15) is 30.5 Å². The lowest BCUT2D eigenvalue weighted by Gasteiger charge is -2.52. The summed E-state index contributed by atoms with van der Waals surface area (Å²) >= 11 is 6.87. The standard InChI is InChI=1S/C30H30ClF2N9O3S/c31-25-23(37-29-38-27(36-20-6-7-20)28-35-15-21(14-34)42(28)39-29)12-19(26(32)33)13-24(25)40-8-10-41(11-9-40)30(16-45-17-30)18-46(43,44)22-4-2-1-3-5-22/h1-5,12-13,15,20,26H,6-11,16-18H2,(H2,36,37,38,39). The maximum atomic E-state index is 14.2. The number of aromatic nitrogens is 4. The second-order valence-electron chi connectivity index (χ2n) is 11.8. The third-order valence-corrected chi connectivity index (χ3v) is 10.9. The van der Waals surface area contributed by atoms with Crippen molar-refractivity contribution < 1.29 is 21.9 Å². The number of anilines is 4. The van der Waals surface area contributed by atoms with E-state index in [9.17, 15) is 22.5 Å². The van der Waals surface area contributed by atoms with Gasteiger partial charge in [0.2, 0.25) is 5.95 Å². The largest absolute Gasteiger partial charge is 0.377 e. The molecule has 3 aliphatic rings. The molecule has 2 aromatic carbocycles. The smallest absolute Gasteiger partial charge is 0.264 e. The SMILES string of the molecule is N#Cc1cnc2c(NC3CC3)nc(Nc3cc(C(F)F)cc(N4CCN(C5(CS(=O)(=O)c6ccccc6)COC5)CC4)c3Cl)nn12. The van der Waals surface area contributed by atoms with Crippen LogP contribution < -0.4 is 15.5 Å². The van der Waals surface area contributed by atoms with Crippen LogP contribution in [0.15, 0.2) is 53.6 Å². The lowest BCUT2D eigenvalue weighted by molar-refractivity contribution is -0.129. The van der Waals surface area contributed by atoms with Gasteiger partial charge in [-0.05, 0) is 37.1 Å². The molecule has 4 heterocycles. The number of sulfone groups is 1. The first-order chi connectivity index (χ1) is 22.2. The summed E-state index contributed by atoms with van der Waals surface area (Å²) in [7, 11) is -3.56. The zero-order valence-corrected chi connectivity index (χ0v) is 26.1. The molecule has 16 heteroatoms. The Labute approximate surface area is 268 Å². The number of nitrogens with one attached hydrogen (secondary N) is 2. The van der Waals surface area contributed by atoms with E-state index in [2.05, 4.69) is 30.6 Å². The van der Waals surface area contributed by atoms with Gasteiger partial charge in [-0.15, -0.1) is 5.10 Å². The number of benzene rings is 2. The molecule has 4 aromatic rings. The number of alkyl halides is 2. The second kappa shape index (κ2) is 11.9. The lowest BCUT2D eigenvalue weighted by Crippen LogP contribution is -2.69. The molecule has 0 amide bonds. The molecular weight excluding hydrogens is 640 g/mol. The molecule has 7 rings (SSSR count). The first-order valence-corrected chi connectivity index (χ1v) is 16.9. The Kier molecular flexibility index (Phi) is 7.92. The van der Waals surface area contributed by atoms with E-state index < -0.39 is 21.8 Å². The average Bonchev–Trinajstić information content (AvgIpc) is 3.76. The molecule has 1 aliphatic carbocycles. The van der Waals surface area contributed by atoms with Crippen LogP contribution in [0.5, 0.6) is 0 Å². The summed E-state index contributed by atoms with van der Waals surface area (Å²) in [6.07, 6.45) is 0.567. The molecule has 2 aliphatic heterocycles. The highest BCUT2D eigenvalue weighted by molar-refractivity contribution is 7.91. The maximum Gasteiger partial charge on any atom is 0.264 e. The van der Waals surface area contributed by atoms with Gasteiger partial charge < -0.3 is 20.3 Å². The van der Waals surface area contributed by atoms with E-state index in [1.165, 1.54) is 22.8 Å². The fourth-order valence-corrected chi connectivity index (χ4v) is 7.98. The van der Waals surface area contributed by atoms with Crippen LogP contribution in [0.4, 0.5) is 31.9 Å². The number of piperazine rings is 1. The molecule has 2 N–H and O–H groups in total. The van der Waals surface area contributed by atoms with Gasteiger partial charge in [-0.3, -0.25) is 4.90 Å². The van der Waals surface area contributed by atoms with Gasteiger partial charge in [-0.1, -0.05) is 29.8 Å². The van der Waals surface area contributed by atoms with E-state index in [1.807, 2.05) is 11.0 Å². The van der Waals surface area contributed by atoms with E-state index in [0.717, 1.165) is 12.8 Å². The number of hydrogen-bond donors (Lipinski definition) is 2. The molecular formula is C30H30ClF2N9O3S. The quantitative estimate of drug-likeness (QED) is 0.250. The molecule has 46 heavy (non-hydrogen) atoms. The first-order valence-electron chi connectivity index (χ1n) is 14.8. The summed E-state index contributed by atoms with van der Waals surface area (Å²) < 4.78 is 61.7. The summed E-state index contributed by atoms with van der Waals surface area (Å²) in [5, 5.41) is 20.4. The molecule has 0 radical (unpaired) electrons. The Bertz CT molecular complexity index is 1920. The van der Waals surface area contributed by atoms with Gasteiger partial charge in [0.1, 0.15) is 6.07 Å². The minimum absolute atomic E-state index is 0.0563. The van der Waals surface area contributed by atoms with Crippen LogP contribution in [0, 0.1) is 11.3 Å². The Balaban J connectivity index is 1.13. The topological polar surface area (TPSA) is 141 Å². The van der Waals surface area contributed by atoms with Gasteiger partial charge in [0, 0.05) is 37.8 Å². The minimum atomic E-state index is -3.56. The van der Waals surface area contributed by atoms with Crippen LogP contribution in [-0.4, -0.2) is 89.6 Å². The fourth-order valence-electron chi connectivity index (χ4n) is 5.91. The summed E-state index contributed by atoms with van der Waals surface area (Å²) in [4.78, 5) is 13.1. The first kappa shape index (κ1) is 30.5. The highest BCUT2D eigenvalue weighted by Crippen LogP contribution is 2.40. The van der Waals surface area contributed by atoms with Crippen molar-refractivity contribution in [3.05, 3.63) is 64.9 Å². The molecule has 0 spiro atoms. The van der Waals surface area contributed by atoms with Crippen LogP contribution in [-0.2, 0) is 14.6 Å². The van der Waals surface area contributed by atoms with E-state index in [0.29, 0.717) is 56.5 Å². The Hall–Kier alpha value is -4.10. The van der Waals surface area contributed by atoms with Crippen molar-refractivity contribution in [2.45, 2.75) is 35.7 Å². The van der Waals surface area contributed by atoms with Crippen LogP contribution in [0.2, 0.25) is 5.02 Å². The van der Waals surface area contributed by atoms with E-state index in [4.69, 9.17) is 16.3 Å². The van der Waals surface area contributed by atoms with Crippen molar-refractivity contribution in [3.8, 4) is 6.07 Å². The zero-order chi connectivity index (χ0) is 32.1. The van der Waals surface area contributed by atoms with Crippen molar-refractivity contribution >= 4 is 50.2 Å². The van der Waals surface area contributed by atoms with Gasteiger partial charge in [-0.25, -0.2) is 22.2 Å². The molecule has 2 saturated heterocycles. The van der Waals surface area contributed by atoms with Crippen LogP contribution in [0.3, 0.4) is 0 Å². The Morgan fingerprint density at radius 1 is 1.13 bits per heavy atom. The average molecular weight is 670 g/mol. The number of halogens is 3. The predicted octanol–water partition coefficient (Wildman–Crippen LogP) is 4.27. The number of nitrogens with zero attached hydrogens (tertiary/aromatic N) is 7. The van der Waals surface area contributed by atoms with Gasteiger partial charge in [0.15, 0.2) is 27.0 Å². The van der Waals surface area contributed by atoms with Gasteiger partial charge in [-0.2, -0.15) is 14.8 Å². The normalized spacial score (nSPS) is 18.4.